The Bertz CT molecular complexity index is 625. The zero-order valence-electron chi connectivity index (χ0n) is 10.8. The number of benzene rings is 2. The van der Waals surface area contributed by atoms with E-state index >= 15 is 0 Å². The van der Waals surface area contributed by atoms with E-state index in [9.17, 15) is 10.1 Å². The Kier molecular flexibility index (Phi) is 3.25. The van der Waals surface area contributed by atoms with Crippen LogP contribution in [0.15, 0.2) is 48.5 Å². The van der Waals surface area contributed by atoms with Crippen molar-refractivity contribution in [2.45, 2.75) is 12.5 Å². The van der Waals surface area contributed by atoms with Crippen LogP contribution in [0.25, 0.3) is 0 Å². The molecule has 0 bridgehead atoms. The van der Waals surface area contributed by atoms with Crippen LogP contribution in [-0.4, -0.2) is 11.5 Å². The van der Waals surface area contributed by atoms with E-state index in [-0.39, 0.29) is 11.7 Å². The van der Waals surface area contributed by atoms with Crippen LogP contribution >= 0.6 is 0 Å². The summed E-state index contributed by atoms with van der Waals surface area (Å²) >= 11 is 0. The van der Waals surface area contributed by atoms with Gasteiger partial charge in [-0.1, -0.05) is 18.2 Å². The molecule has 2 aromatic rings. The lowest BCUT2D eigenvalue weighted by molar-refractivity contribution is -0.384. The summed E-state index contributed by atoms with van der Waals surface area (Å²) in [5.41, 5.74) is 2.09. The van der Waals surface area contributed by atoms with Crippen LogP contribution in [0, 0.1) is 10.1 Å². The minimum atomic E-state index is -0.395. The molecule has 0 saturated heterocycles. The standard InChI is InChI=1S/C15H14N2O3/c18-17(19)12-7-5-11(6-8-12)16-14-9-10-20-15-4-2-1-3-13(14)15/h1-8,14,16H,9-10H2/t14-/m0/s1. The van der Waals surface area contributed by atoms with Crippen LogP contribution in [-0.2, 0) is 0 Å². The molecule has 0 radical (unpaired) electrons. The van der Waals surface area contributed by atoms with Gasteiger partial charge in [0, 0.05) is 29.8 Å². The number of rotatable bonds is 3. The van der Waals surface area contributed by atoms with E-state index in [1.54, 1.807) is 12.1 Å². The van der Waals surface area contributed by atoms with Gasteiger partial charge in [-0.15, -0.1) is 0 Å². The maximum atomic E-state index is 10.6. The van der Waals surface area contributed by atoms with Gasteiger partial charge in [0.15, 0.2) is 0 Å². The molecular weight excluding hydrogens is 256 g/mol. The second-order valence-electron chi connectivity index (χ2n) is 4.68. The third-order valence-corrected chi connectivity index (χ3v) is 3.38. The number of nitrogens with one attached hydrogen (secondary N) is 1. The Morgan fingerprint density at radius 1 is 1.15 bits per heavy atom. The smallest absolute Gasteiger partial charge is 0.269 e. The highest BCUT2D eigenvalue weighted by Crippen LogP contribution is 2.34. The number of ether oxygens (including phenoxy) is 1. The van der Waals surface area contributed by atoms with E-state index in [0.29, 0.717) is 6.61 Å². The molecule has 0 aromatic heterocycles. The van der Waals surface area contributed by atoms with Crippen LogP contribution in [0.4, 0.5) is 11.4 Å². The molecule has 5 nitrogen and oxygen atoms in total. The zero-order chi connectivity index (χ0) is 13.9. The second kappa shape index (κ2) is 5.21. The fourth-order valence-corrected chi connectivity index (χ4v) is 2.37. The monoisotopic (exact) mass is 270 g/mol. The van der Waals surface area contributed by atoms with E-state index in [4.69, 9.17) is 4.74 Å². The van der Waals surface area contributed by atoms with Gasteiger partial charge in [0.25, 0.3) is 5.69 Å². The van der Waals surface area contributed by atoms with Gasteiger partial charge in [-0.05, 0) is 18.2 Å². The first kappa shape index (κ1) is 12.5. The zero-order valence-corrected chi connectivity index (χ0v) is 10.8. The third-order valence-electron chi connectivity index (χ3n) is 3.38. The van der Waals surface area contributed by atoms with Gasteiger partial charge in [-0.3, -0.25) is 10.1 Å². The van der Waals surface area contributed by atoms with Crippen molar-refractivity contribution < 1.29 is 9.66 Å². The number of anilines is 1. The summed E-state index contributed by atoms with van der Waals surface area (Å²) in [7, 11) is 0. The quantitative estimate of drug-likeness (QED) is 0.684. The van der Waals surface area contributed by atoms with Crippen LogP contribution in [0.2, 0.25) is 0 Å². The lowest BCUT2D eigenvalue weighted by Crippen LogP contribution is -2.20. The molecule has 0 fully saturated rings. The fraction of sp³-hybridized carbons (Fsp3) is 0.200. The summed E-state index contributed by atoms with van der Waals surface area (Å²) in [5, 5.41) is 14.0. The highest BCUT2D eigenvalue weighted by atomic mass is 16.6. The molecule has 2 aromatic carbocycles. The Hall–Kier alpha value is -2.56. The average molecular weight is 270 g/mol. The predicted molar refractivity (Wildman–Crippen MR) is 76.0 cm³/mol. The maximum Gasteiger partial charge on any atom is 0.269 e. The Morgan fingerprint density at radius 2 is 1.90 bits per heavy atom. The molecule has 0 saturated carbocycles. The Labute approximate surface area is 116 Å². The first-order chi connectivity index (χ1) is 9.74. The number of nitrogens with zero attached hydrogens (tertiary/aromatic N) is 1. The number of nitro benzene ring substituents is 1. The first-order valence-electron chi connectivity index (χ1n) is 6.47. The fourth-order valence-electron chi connectivity index (χ4n) is 2.37. The van der Waals surface area contributed by atoms with Crippen LogP contribution < -0.4 is 10.1 Å². The molecule has 5 heteroatoms. The molecule has 0 spiro atoms. The highest BCUT2D eigenvalue weighted by Gasteiger charge is 2.20. The molecule has 1 N–H and O–H groups in total. The molecule has 0 unspecified atom stereocenters. The van der Waals surface area contributed by atoms with Crippen molar-refractivity contribution in [3.8, 4) is 5.75 Å². The summed E-state index contributed by atoms with van der Waals surface area (Å²) in [6.07, 6.45) is 0.869. The van der Waals surface area contributed by atoms with Crippen LogP contribution in [0.3, 0.4) is 0 Å². The molecule has 20 heavy (non-hydrogen) atoms. The first-order valence-corrected chi connectivity index (χ1v) is 6.47. The third kappa shape index (κ3) is 2.42. The largest absolute Gasteiger partial charge is 0.493 e. The van der Waals surface area contributed by atoms with Gasteiger partial charge in [0.2, 0.25) is 0 Å². The Morgan fingerprint density at radius 3 is 2.65 bits per heavy atom. The van der Waals surface area contributed by atoms with E-state index in [1.165, 1.54) is 12.1 Å². The minimum absolute atomic E-state index is 0.0999. The molecule has 0 aliphatic carbocycles. The molecule has 1 atom stereocenters. The maximum absolute atomic E-state index is 10.6. The van der Waals surface area contributed by atoms with Crippen molar-refractivity contribution in [3.05, 3.63) is 64.2 Å². The predicted octanol–water partition coefficient (Wildman–Crippen LogP) is 3.53. The van der Waals surface area contributed by atoms with Gasteiger partial charge in [-0.25, -0.2) is 0 Å². The topological polar surface area (TPSA) is 64.4 Å². The van der Waals surface area contributed by atoms with Crippen molar-refractivity contribution >= 4 is 11.4 Å². The van der Waals surface area contributed by atoms with E-state index in [1.807, 2.05) is 24.3 Å². The van der Waals surface area contributed by atoms with Gasteiger partial charge < -0.3 is 10.1 Å². The lowest BCUT2D eigenvalue weighted by Gasteiger charge is -2.27. The van der Waals surface area contributed by atoms with E-state index < -0.39 is 4.92 Å². The van der Waals surface area contributed by atoms with Gasteiger partial charge >= 0.3 is 0 Å². The summed E-state index contributed by atoms with van der Waals surface area (Å²) in [6, 6.07) is 14.6. The number of hydrogen-bond acceptors (Lipinski definition) is 4. The van der Waals surface area contributed by atoms with E-state index in [0.717, 1.165) is 23.4 Å². The van der Waals surface area contributed by atoms with E-state index in [2.05, 4.69) is 5.32 Å². The summed E-state index contributed by atoms with van der Waals surface area (Å²) in [5.74, 6) is 0.901. The van der Waals surface area contributed by atoms with Crippen LogP contribution in [0.1, 0.15) is 18.0 Å². The Balaban J connectivity index is 1.80. The average Bonchev–Trinajstić information content (AvgIpc) is 2.48. The molecule has 3 rings (SSSR count). The van der Waals surface area contributed by atoms with Gasteiger partial charge in [0.1, 0.15) is 5.75 Å². The highest BCUT2D eigenvalue weighted by molar-refractivity contribution is 5.51. The van der Waals surface area contributed by atoms with Crippen molar-refractivity contribution in [3.63, 3.8) is 0 Å². The number of para-hydroxylation sites is 1. The summed E-state index contributed by atoms with van der Waals surface area (Å²) in [6.45, 7) is 0.668. The molecule has 1 aliphatic heterocycles. The molecule has 1 aliphatic rings. The minimum Gasteiger partial charge on any atom is -0.493 e. The van der Waals surface area contributed by atoms with Crippen molar-refractivity contribution in [1.82, 2.24) is 0 Å². The van der Waals surface area contributed by atoms with Gasteiger partial charge in [0.05, 0.1) is 17.6 Å². The molecule has 0 amide bonds. The SMILES string of the molecule is O=[N+]([O-])c1ccc(N[C@H]2CCOc3ccccc32)cc1. The molecular formula is C15H14N2O3. The number of nitro groups is 1. The number of non-ortho nitro benzene ring substituents is 1. The van der Waals surface area contributed by atoms with Gasteiger partial charge in [-0.2, -0.15) is 0 Å². The molecule has 102 valence electrons. The van der Waals surface area contributed by atoms with Crippen molar-refractivity contribution in [2.75, 3.05) is 11.9 Å². The number of fused-ring (bicyclic) bond motifs is 1. The summed E-state index contributed by atoms with van der Waals surface area (Å²) in [4.78, 5) is 10.2. The number of hydrogen-bond donors (Lipinski definition) is 1. The summed E-state index contributed by atoms with van der Waals surface area (Å²) < 4.78 is 5.61. The second-order valence-corrected chi connectivity index (χ2v) is 4.68. The van der Waals surface area contributed by atoms with Crippen molar-refractivity contribution in [1.29, 1.82) is 0 Å². The van der Waals surface area contributed by atoms with Crippen LogP contribution in [0.5, 0.6) is 5.75 Å². The molecule has 1 heterocycles. The normalized spacial score (nSPS) is 16.9. The van der Waals surface area contributed by atoms with Crippen molar-refractivity contribution in [2.24, 2.45) is 0 Å². The lowest BCUT2D eigenvalue weighted by atomic mass is 10.0.